The fourth-order valence-corrected chi connectivity index (χ4v) is 27.3. The molecule has 18 aliphatic rings. The molecule has 5 aliphatic heterocycles. The minimum Gasteiger partial charge on any atom is -0.507 e. The molecule has 9 spiro atoms. The van der Waals surface area contributed by atoms with Gasteiger partial charge in [0.05, 0.1) is 46.5 Å². The zero-order valence-corrected chi connectivity index (χ0v) is 57.6. The number of pyridine rings is 1. The molecule has 6 saturated carbocycles. The van der Waals surface area contributed by atoms with Gasteiger partial charge in [-0.3, -0.25) is 14.4 Å². The van der Waals surface area contributed by atoms with Crippen LogP contribution >= 0.6 is 0 Å². The van der Waals surface area contributed by atoms with Crippen LogP contribution in [0.1, 0.15) is 241 Å². The third-order valence-electron chi connectivity index (χ3n) is 31.1. The van der Waals surface area contributed by atoms with Crippen molar-refractivity contribution in [1.29, 1.82) is 0 Å². The molecule has 3 aromatic heterocycles. The van der Waals surface area contributed by atoms with Crippen LogP contribution in [0.3, 0.4) is 0 Å². The highest BCUT2D eigenvalue weighted by Gasteiger charge is 2.79. The van der Waals surface area contributed by atoms with Gasteiger partial charge in [0.15, 0.2) is 17.5 Å². The highest BCUT2D eigenvalue weighted by atomic mass is 16.7. The highest BCUT2D eigenvalue weighted by molar-refractivity contribution is 6.34. The van der Waals surface area contributed by atoms with Crippen LogP contribution in [0.4, 0.5) is 5.82 Å². The van der Waals surface area contributed by atoms with Gasteiger partial charge in [-0.2, -0.15) is 0 Å². The van der Waals surface area contributed by atoms with Crippen molar-refractivity contribution in [2.75, 3.05) is 11.9 Å². The molecule has 12 bridgehead atoms. The number of benzene rings is 3. The molecule has 0 amide bonds. The number of carbonyl (C=O) groups excluding carboxylic acids is 3. The van der Waals surface area contributed by atoms with Crippen LogP contribution in [0, 0.1) is 63.6 Å². The SMILES string of the molecule is Cc1cc(O)c2c(c1)C(=O)c1c(c3cc4c(nccc14)NC[C@@H](O)[C@@]14CC5(CCCC5)[C@@H]5C#CC[C@]67CCC[C@@H]8C[C@]9(CCC(=O)C[C@@H]9Cc9ccc%10c(c9)C=CN[C@@H]%10N)c9nc[nH]c9[C@@]86c6[nH]c(c(c6CC7)[C@H]51)C1=C[C@@]5(O3)O[C@@]3(C1=C4C[C@]1(CCC4(CCCC4)C1)[C@H]3O)[C@@H](O)[C@H](O)[C@H]5O)C2=O. The second kappa shape index (κ2) is 20.2. The molecule has 12 N–H and O–H groups in total. The van der Waals surface area contributed by atoms with Crippen molar-refractivity contribution >= 4 is 45.6 Å². The number of Topliss-reactive ketones (excluding diaryl/α,β-unsaturated/α-hetero) is 1. The first-order valence-electron chi connectivity index (χ1n) is 38.3. The number of aromatic amines is 2. The lowest BCUT2D eigenvalue weighted by Crippen LogP contribution is -2.79. The van der Waals surface area contributed by atoms with Crippen molar-refractivity contribution in [3.63, 3.8) is 0 Å². The van der Waals surface area contributed by atoms with Crippen LogP contribution in [0.15, 0.2) is 78.4 Å². The van der Waals surface area contributed by atoms with Crippen LogP contribution < -0.4 is 21.1 Å². The van der Waals surface area contributed by atoms with E-state index in [1.54, 1.807) is 37.4 Å². The Labute approximate surface area is 590 Å². The Kier molecular flexibility index (Phi) is 12.2. The van der Waals surface area contributed by atoms with Gasteiger partial charge in [-0.05, 0) is 225 Å². The lowest BCUT2D eigenvalue weighted by atomic mass is 9.38. The molecule has 24 rings (SSSR count). The van der Waals surface area contributed by atoms with Crippen molar-refractivity contribution in [3.8, 4) is 23.3 Å². The molecule has 18 nitrogen and oxygen atoms in total. The number of nitrogens with two attached hydrogens (primary N) is 1. The number of aromatic nitrogens is 4. The van der Waals surface area contributed by atoms with Gasteiger partial charge in [0.25, 0.3) is 5.79 Å². The van der Waals surface area contributed by atoms with Gasteiger partial charge in [-0.1, -0.05) is 61.8 Å². The smallest absolute Gasteiger partial charge is 0.261 e. The molecule has 3 aromatic carbocycles. The summed E-state index contributed by atoms with van der Waals surface area (Å²) in [6.07, 6.45) is 18.7. The first kappa shape index (κ1) is 61.7. The Morgan fingerprint density at radius 3 is 2.51 bits per heavy atom. The van der Waals surface area contributed by atoms with Crippen LogP contribution in [0.25, 0.3) is 22.4 Å². The standard InChI is InChI=1S/C84H87N7O11/c1-41-28-51-58(55(93)29-41)66(96)61-56-33-50-48(59(61)65(51)95)15-27-87-74(50)88-37-57(94)81-39-77(18-4-5-19-77)53-9-7-21-79-20-6-8-44-34-80(23-12-46(92)32-45(80)31-42-10-11-47-43(30-42)14-26-86-73(47)85)69-70(90-40-89-69)83(44,79)68-49(13-22-79)60(63(53)81)64(91-68)52-35-82(101-56)71(98)67(97)72(99)84(102-82)62(52)54(81)36-78(75(84)100)25-24-76(38-78)16-2-3-17-76/h10-11,14-15,26-30,33,35,40,44-45,53,57,63,67,71-73,75,86,91,93-94,97-100H,2-6,8,12-13,16-25,31-32,34,36-39,85H2,1H3,(H,87,88)(H,89,90)/t44-,45+,53-,57-,63+,67-,71-,72+,73+,75-,78+,79+,80+,81+,82-,83+,84+/m1/s1. The average Bonchev–Trinajstić information content (AvgIpc) is 1.50. The molecular formula is C84H87N7O11. The third kappa shape index (κ3) is 7.22. The number of aliphatic hydroxyl groups excluding tert-OH is 5. The number of ketones is 3. The lowest BCUT2D eigenvalue weighted by Gasteiger charge is -2.65. The maximum Gasteiger partial charge on any atom is 0.261 e. The number of phenolic OH excluding ortho intramolecular Hbond substituents is 1. The summed E-state index contributed by atoms with van der Waals surface area (Å²) in [4.78, 5) is 64.7. The number of H-pyrrole nitrogens is 2. The number of fused-ring (bicyclic) bond motifs is 10. The molecule has 7 fully saturated rings. The Balaban J connectivity index is 0.842. The van der Waals surface area contributed by atoms with Crippen molar-refractivity contribution in [1.82, 2.24) is 25.3 Å². The maximum absolute atomic E-state index is 15.8. The van der Waals surface area contributed by atoms with Crippen LogP contribution in [-0.2, 0) is 33.2 Å². The number of aliphatic hydroxyl groups is 5. The summed E-state index contributed by atoms with van der Waals surface area (Å²) in [5, 5.41) is 90.1. The molecule has 1 saturated heterocycles. The van der Waals surface area contributed by atoms with E-state index < -0.39 is 91.9 Å². The van der Waals surface area contributed by atoms with E-state index in [0.29, 0.717) is 103 Å². The van der Waals surface area contributed by atoms with Crippen molar-refractivity contribution in [2.45, 2.75) is 226 Å². The van der Waals surface area contributed by atoms with E-state index in [1.165, 1.54) is 11.6 Å². The predicted molar refractivity (Wildman–Crippen MR) is 377 cm³/mol. The van der Waals surface area contributed by atoms with Gasteiger partial charge < -0.3 is 66.4 Å². The monoisotopic (exact) mass is 1370 g/mol. The summed E-state index contributed by atoms with van der Waals surface area (Å²) in [5.74, 6) is 3.79. The minimum atomic E-state index is -2.55. The number of nitrogens with zero attached hydrogens (tertiary/aromatic N) is 2. The van der Waals surface area contributed by atoms with E-state index in [1.807, 2.05) is 12.5 Å². The number of hydrogen-bond donors (Lipinski definition) is 11. The van der Waals surface area contributed by atoms with Crippen LogP contribution in [0.5, 0.6) is 11.5 Å². The number of aromatic hydroxyl groups is 1. The zero-order valence-electron chi connectivity index (χ0n) is 57.6. The van der Waals surface area contributed by atoms with Crippen molar-refractivity contribution in [2.24, 2.45) is 50.6 Å². The number of aryl methyl sites for hydroxylation is 1. The quantitative estimate of drug-likeness (QED) is 0.0717. The van der Waals surface area contributed by atoms with Gasteiger partial charge in [0.1, 0.15) is 41.5 Å². The lowest BCUT2D eigenvalue weighted by molar-refractivity contribution is -0.366. The molecular weight excluding hydrogens is 1280 g/mol. The Morgan fingerprint density at radius 2 is 1.66 bits per heavy atom. The Morgan fingerprint density at radius 1 is 0.814 bits per heavy atom. The van der Waals surface area contributed by atoms with Crippen molar-refractivity contribution < 1.29 is 54.5 Å². The first-order valence-corrected chi connectivity index (χ1v) is 38.3. The fourth-order valence-electron chi connectivity index (χ4n) is 27.3. The summed E-state index contributed by atoms with van der Waals surface area (Å²) >= 11 is 0. The van der Waals surface area contributed by atoms with Crippen LogP contribution in [0.2, 0.25) is 0 Å². The van der Waals surface area contributed by atoms with Gasteiger partial charge in [-0.25, -0.2) is 9.97 Å². The fraction of sp³-hybridized carbons (Fsp3) is 0.536. The summed E-state index contributed by atoms with van der Waals surface area (Å²) < 4.78 is 15.5. The molecule has 524 valence electrons. The molecule has 6 aromatic rings. The van der Waals surface area contributed by atoms with Gasteiger partial charge in [-0.15, -0.1) is 5.92 Å². The zero-order chi connectivity index (χ0) is 68.9. The summed E-state index contributed by atoms with van der Waals surface area (Å²) in [6.45, 7) is 1.70. The highest BCUT2D eigenvalue weighted by Crippen LogP contribution is 2.80. The van der Waals surface area contributed by atoms with E-state index in [0.717, 1.165) is 135 Å². The maximum atomic E-state index is 15.8. The first-order chi connectivity index (χ1) is 49.3. The summed E-state index contributed by atoms with van der Waals surface area (Å²) in [5.41, 5.74) is 11.3. The molecule has 18 heteroatoms. The molecule has 102 heavy (non-hydrogen) atoms. The number of carbonyl (C=O) groups is 3. The molecule has 17 atom stereocenters. The number of phenols is 1. The predicted octanol–water partition coefficient (Wildman–Crippen LogP) is 10.6. The normalized spacial score (nSPS) is 39.5. The minimum absolute atomic E-state index is 0.00777. The number of imidazole rings is 1. The van der Waals surface area contributed by atoms with Gasteiger partial charge in [0, 0.05) is 93.6 Å². The molecule has 0 unspecified atom stereocenters. The molecule has 0 radical (unpaired) electrons. The summed E-state index contributed by atoms with van der Waals surface area (Å²) in [7, 11) is 0. The van der Waals surface area contributed by atoms with E-state index in [4.69, 9.17) is 25.2 Å². The topological polar surface area (TPSA) is 298 Å². The number of hydrogen-bond acceptors (Lipinski definition) is 16. The largest absolute Gasteiger partial charge is 0.507 e. The molecule has 8 heterocycles. The van der Waals surface area contributed by atoms with Gasteiger partial charge in [0.2, 0.25) is 5.78 Å². The van der Waals surface area contributed by atoms with Crippen molar-refractivity contribution in [3.05, 3.63) is 157 Å². The average molecular weight is 1370 g/mol. The van der Waals surface area contributed by atoms with E-state index >= 15 is 9.59 Å². The third-order valence-corrected chi connectivity index (χ3v) is 31.1. The number of nitrogens with one attached hydrogen (secondary N) is 4. The van der Waals surface area contributed by atoms with Gasteiger partial charge >= 0.3 is 0 Å². The molecule has 13 aliphatic carbocycles. The summed E-state index contributed by atoms with van der Waals surface area (Å²) in [6, 6.07) is 12.9. The second-order valence-electron chi connectivity index (χ2n) is 35.2. The second-order valence-corrected chi connectivity index (χ2v) is 35.2. The number of anilines is 1. The Hall–Kier alpha value is -7.73. The number of rotatable bonds is 2. The Bertz CT molecular complexity index is 5020. The van der Waals surface area contributed by atoms with E-state index in [9.17, 15) is 35.4 Å². The van der Waals surface area contributed by atoms with E-state index in [-0.39, 0.29) is 75.4 Å². The number of ether oxygens (including phenoxy) is 2. The van der Waals surface area contributed by atoms with E-state index in [2.05, 4.69) is 56.7 Å². The van der Waals surface area contributed by atoms with Crippen LogP contribution in [-0.4, -0.2) is 116 Å².